The van der Waals surface area contributed by atoms with Crippen LogP contribution in [0, 0.1) is 0 Å². The Morgan fingerprint density at radius 3 is 1.79 bits per heavy atom. The first-order valence-corrected chi connectivity index (χ1v) is 5.67. The molecule has 2 bridgehead atoms. The van der Waals surface area contributed by atoms with Crippen molar-refractivity contribution in [3.8, 4) is 0 Å². The molecule has 0 aromatic heterocycles. The first kappa shape index (κ1) is 10.4. The van der Waals surface area contributed by atoms with E-state index >= 15 is 0 Å². The van der Waals surface area contributed by atoms with Crippen LogP contribution in [0.3, 0.4) is 0 Å². The third kappa shape index (κ3) is 1.16. The van der Waals surface area contributed by atoms with Crippen LogP contribution in [0.1, 0.15) is 30.8 Å². The van der Waals surface area contributed by atoms with Crippen LogP contribution in [0.2, 0.25) is 0 Å². The number of hydrogen-bond donors (Lipinski definition) is 0. The average molecular weight is 318 g/mol. The summed E-state index contributed by atoms with van der Waals surface area (Å²) >= 11 is 7.08. The van der Waals surface area contributed by atoms with Gasteiger partial charge in [-0.3, -0.25) is 0 Å². The molecule has 0 fully saturated rings. The minimum absolute atomic E-state index is 0. The molecule has 3 rings (SSSR count). The van der Waals surface area contributed by atoms with Gasteiger partial charge in [-0.2, -0.15) is 0 Å². The smallest absolute Gasteiger partial charge is 0.117 e. The fourth-order valence-corrected chi connectivity index (χ4v) is 3.04. The quantitative estimate of drug-likeness (QED) is 0.687. The van der Waals surface area contributed by atoms with E-state index in [4.69, 9.17) is 4.74 Å². The van der Waals surface area contributed by atoms with Crippen LogP contribution in [0.15, 0.2) is 33.2 Å². The standard InChI is InChI=1S/C10H6Br2O.CH4/c11-7-8(12)10-6-4-2-1-3-5(6)9(7)13-10;/h1-4,9-10H;1H4. The lowest BCUT2D eigenvalue weighted by atomic mass is 9.97. The number of halogens is 2. The minimum Gasteiger partial charge on any atom is -0.355 e. The minimum atomic E-state index is 0. The molecule has 0 saturated heterocycles. The van der Waals surface area contributed by atoms with Crippen molar-refractivity contribution in [1.82, 2.24) is 0 Å². The highest BCUT2D eigenvalue weighted by Crippen LogP contribution is 2.57. The lowest BCUT2D eigenvalue weighted by Crippen LogP contribution is -1.97. The lowest BCUT2D eigenvalue weighted by molar-refractivity contribution is 0.0857. The van der Waals surface area contributed by atoms with E-state index in [1.165, 1.54) is 11.1 Å². The van der Waals surface area contributed by atoms with Crippen LogP contribution in [0.5, 0.6) is 0 Å². The second-order valence-electron chi connectivity index (χ2n) is 3.22. The summed E-state index contributed by atoms with van der Waals surface area (Å²) < 4.78 is 8.07. The van der Waals surface area contributed by atoms with Crippen LogP contribution in [0.25, 0.3) is 0 Å². The van der Waals surface area contributed by atoms with Gasteiger partial charge in [0, 0.05) is 8.96 Å². The van der Waals surface area contributed by atoms with Gasteiger partial charge < -0.3 is 4.74 Å². The molecule has 2 heterocycles. The Kier molecular flexibility index (Phi) is 2.58. The Morgan fingerprint density at radius 2 is 1.36 bits per heavy atom. The van der Waals surface area contributed by atoms with E-state index in [0.717, 1.165) is 8.96 Å². The van der Waals surface area contributed by atoms with Crippen LogP contribution in [-0.2, 0) is 4.74 Å². The second-order valence-corrected chi connectivity index (χ2v) is 4.93. The van der Waals surface area contributed by atoms with Gasteiger partial charge >= 0.3 is 0 Å². The first-order valence-electron chi connectivity index (χ1n) is 4.08. The Bertz CT molecular complexity index is 375. The van der Waals surface area contributed by atoms with Gasteiger partial charge in [0.15, 0.2) is 0 Å². The molecule has 1 aromatic carbocycles. The number of rotatable bonds is 0. The van der Waals surface area contributed by atoms with Gasteiger partial charge in [-0.25, -0.2) is 0 Å². The Morgan fingerprint density at radius 1 is 0.929 bits per heavy atom. The summed E-state index contributed by atoms with van der Waals surface area (Å²) in [7, 11) is 0. The van der Waals surface area contributed by atoms with E-state index in [2.05, 4.69) is 56.1 Å². The fraction of sp³-hybridized carbons (Fsp3) is 0.273. The summed E-state index contributed by atoms with van der Waals surface area (Å²) in [5, 5.41) is 0. The summed E-state index contributed by atoms with van der Waals surface area (Å²) in [6.07, 6.45) is 0.242. The zero-order chi connectivity index (χ0) is 9.00. The van der Waals surface area contributed by atoms with Gasteiger partial charge in [-0.15, -0.1) is 0 Å². The van der Waals surface area contributed by atoms with Gasteiger partial charge in [0.25, 0.3) is 0 Å². The molecule has 2 aliphatic rings. The largest absolute Gasteiger partial charge is 0.355 e. The van der Waals surface area contributed by atoms with E-state index in [-0.39, 0.29) is 19.6 Å². The Balaban J connectivity index is 0.000000750. The van der Waals surface area contributed by atoms with Crippen LogP contribution in [0.4, 0.5) is 0 Å². The Labute approximate surface area is 100 Å². The molecule has 0 spiro atoms. The average Bonchev–Trinajstić information content (AvgIpc) is 2.66. The molecule has 0 aliphatic carbocycles. The van der Waals surface area contributed by atoms with Crippen molar-refractivity contribution >= 4 is 31.9 Å². The summed E-state index contributed by atoms with van der Waals surface area (Å²) in [5.41, 5.74) is 2.59. The number of fused-ring (bicyclic) bond motifs is 5. The molecule has 74 valence electrons. The zero-order valence-corrected chi connectivity index (χ0v) is 9.80. The zero-order valence-electron chi connectivity index (χ0n) is 6.63. The molecule has 0 saturated carbocycles. The molecular weight excluding hydrogens is 308 g/mol. The van der Waals surface area contributed by atoms with Crippen LogP contribution >= 0.6 is 31.9 Å². The number of hydrogen-bond acceptors (Lipinski definition) is 1. The van der Waals surface area contributed by atoms with Crippen molar-refractivity contribution < 1.29 is 4.74 Å². The van der Waals surface area contributed by atoms with Gasteiger partial charge in [0.2, 0.25) is 0 Å². The topological polar surface area (TPSA) is 9.23 Å². The van der Waals surface area contributed by atoms with E-state index in [0.29, 0.717) is 0 Å². The normalized spacial score (nSPS) is 27.6. The third-order valence-electron chi connectivity index (χ3n) is 2.52. The van der Waals surface area contributed by atoms with Gasteiger partial charge in [-0.1, -0.05) is 63.6 Å². The number of benzene rings is 1. The molecule has 0 amide bonds. The highest BCUT2D eigenvalue weighted by Gasteiger charge is 2.42. The molecule has 3 heteroatoms. The van der Waals surface area contributed by atoms with Gasteiger partial charge in [0.1, 0.15) is 12.2 Å². The van der Waals surface area contributed by atoms with E-state index in [1.54, 1.807) is 0 Å². The summed E-state index contributed by atoms with van der Waals surface area (Å²) in [6.45, 7) is 0. The Hall–Kier alpha value is -0.120. The molecular formula is C11H10Br2O. The van der Waals surface area contributed by atoms with Crippen molar-refractivity contribution in [1.29, 1.82) is 0 Å². The van der Waals surface area contributed by atoms with Gasteiger partial charge in [-0.05, 0) is 11.1 Å². The molecule has 2 aliphatic heterocycles. The fourth-order valence-electron chi connectivity index (χ4n) is 1.91. The van der Waals surface area contributed by atoms with Crippen molar-refractivity contribution in [3.05, 3.63) is 44.4 Å². The SMILES string of the molecule is BrC1=C(Br)C2OC1c1ccccc12.C. The van der Waals surface area contributed by atoms with Crippen molar-refractivity contribution in [3.63, 3.8) is 0 Å². The van der Waals surface area contributed by atoms with Crippen molar-refractivity contribution in [2.75, 3.05) is 0 Å². The maximum atomic E-state index is 5.80. The molecule has 14 heavy (non-hydrogen) atoms. The van der Waals surface area contributed by atoms with Crippen LogP contribution < -0.4 is 0 Å². The first-order chi connectivity index (χ1) is 6.29. The molecule has 1 nitrogen and oxygen atoms in total. The van der Waals surface area contributed by atoms with E-state index < -0.39 is 0 Å². The maximum Gasteiger partial charge on any atom is 0.117 e. The molecule has 2 atom stereocenters. The lowest BCUT2D eigenvalue weighted by Gasteiger charge is -2.11. The molecule has 0 N–H and O–H groups in total. The van der Waals surface area contributed by atoms with E-state index in [9.17, 15) is 0 Å². The second kappa shape index (κ2) is 3.47. The molecule has 0 radical (unpaired) electrons. The monoisotopic (exact) mass is 316 g/mol. The highest BCUT2D eigenvalue weighted by atomic mass is 79.9. The number of ether oxygens (including phenoxy) is 1. The third-order valence-corrected chi connectivity index (χ3v) is 4.74. The summed E-state index contributed by atoms with van der Waals surface area (Å²) in [6, 6.07) is 8.36. The maximum absolute atomic E-state index is 5.80. The van der Waals surface area contributed by atoms with Crippen molar-refractivity contribution in [2.45, 2.75) is 19.6 Å². The predicted molar refractivity (Wildman–Crippen MR) is 64.6 cm³/mol. The summed E-state index contributed by atoms with van der Waals surface area (Å²) in [5.74, 6) is 0. The van der Waals surface area contributed by atoms with Crippen LogP contribution in [-0.4, -0.2) is 0 Å². The van der Waals surface area contributed by atoms with Crippen molar-refractivity contribution in [2.24, 2.45) is 0 Å². The highest BCUT2D eigenvalue weighted by molar-refractivity contribution is 9.14. The van der Waals surface area contributed by atoms with Gasteiger partial charge in [0.05, 0.1) is 0 Å². The predicted octanol–water partition coefficient (Wildman–Crippen LogP) is 4.45. The van der Waals surface area contributed by atoms with E-state index in [1.807, 2.05) is 0 Å². The molecule has 1 aromatic rings. The molecule has 2 unspecified atom stereocenters. The summed E-state index contributed by atoms with van der Waals surface area (Å²) in [4.78, 5) is 0.